The molecule has 0 aliphatic carbocycles. The summed E-state index contributed by atoms with van der Waals surface area (Å²) in [4.78, 5) is 1.17. The molecule has 0 unspecified atom stereocenters. The normalized spacial score (nSPS) is 11.1. The number of hydrogen-bond donors (Lipinski definition) is 1. The van der Waals surface area contributed by atoms with Crippen LogP contribution in [0.25, 0.3) is 10.9 Å². The number of nitrogen functional groups attached to an aromatic ring is 1. The van der Waals surface area contributed by atoms with Crippen LogP contribution < -0.4 is 5.73 Å². The van der Waals surface area contributed by atoms with Crippen molar-refractivity contribution < 1.29 is 0 Å². The average Bonchev–Trinajstić information content (AvgIpc) is 2.75. The van der Waals surface area contributed by atoms with Crippen molar-refractivity contribution in [1.82, 2.24) is 9.78 Å². The van der Waals surface area contributed by atoms with Gasteiger partial charge < -0.3 is 5.73 Å². The van der Waals surface area contributed by atoms with Gasteiger partial charge in [-0.15, -0.1) is 11.8 Å². The maximum Gasteiger partial charge on any atom is 0.0805 e. The lowest BCUT2D eigenvalue weighted by atomic mass is 10.2. The molecule has 20 heavy (non-hydrogen) atoms. The van der Waals surface area contributed by atoms with E-state index in [-0.39, 0.29) is 0 Å². The van der Waals surface area contributed by atoms with Gasteiger partial charge in [-0.05, 0) is 40.2 Å². The van der Waals surface area contributed by atoms with Gasteiger partial charge in [0.2, 0.25) is 0 Å². The second kappa shape index (κ2) is 5.50. The van der Waals surface area contributed by atoms with Crippen LogP contribution in [0.1, 0.15) is 5.69 Å². The van der Waals surface area contributed by atoms with Crippen molar-refractivity contribution in [3.63, 3.8) is 0 Å². The van der Waals surface area contributed by atoms with Gasteiger partial charge in [-0.1, -0.05) is 18.2 Å². The molecular weight excluding hydrogens is 334 g/mol. The third-order valence-corrected chi connectivity index (χ3v) is 5.16. The van der Waals surface area contributed by atoms with Gasteiger partial charge in [0.15, 0.2) is 0 Å². The fourth-order valence-corrected chi connectivity index (χ4v) is 3.78. The Morgan fingerprint density at radius 2 is 2.05 bits per heavy atom. The number of para-hydroxylation sites is 1. The fraction of sp³-hybridized carbons (Fsp3) is 0.133. The number of benzene rings is 2. The standard InChI is InChI=1S/C15H14BrN3S/c1-19-14-5-3-2-4-11(14)13(18-19)9-20-15-7-6-10(17)8-12(15)16/h2-8H,9,17H2,1H3. The molecule has 0 fully saturated rings. The maximum atomic E-state index is 5.76. The summed E-state index contributed by atoms with van der Waals surface area (Å²) < 4.78 is 2.96. The summed E-state index contributed by atoms with van der Waals surface area (Å²) in [6, 6.07) is 14.2. The fourth-order valence-electron chi connectivity index (χ4n) is 2.18. The number of rotatable bonds is 3. The first-order valence-corrected chi connectivity index (χ1v) is 8.01. The van der Waals surface area contributed by atoms with Crippen molar-refractivity contribution in [3.05, 3.63) is 52.6 Å². The van der Waals surface area contributed by atoms with Gasteiger partial charge in [0.25, 0.3) is 0 Å². The molecule has 0 saturated heterocycles. The highest BCUT2D eigenvalue weighted by molar-refractivity contribution is 9.10. The highest BCUT2D eigenvalue weighted by Gasteiger charge is 2.09. The molecule has 2 aromatic carbocycles. The first kappa shape index (κ1) is 13.5. The highest BCUT2D eigenvalue weighted by Crippen LogP contribution is 2.32. The van der Waals surface area contributed by atoms with Gasteiger partial charge in [-0.25, -0.2) is 0 Å². The van der Waals surface area contributed by atoms with Crippen LogP contribution in [0.5, 0.6) is 0 Å². The molecule has 0 bridgehead atoms. The number of thioether (sulfide) groups is 1. The number of fused-ring (bicyclic) bond motifs is 1. The van der Waals surface area contributed by atoms with Gasteiger partial charge in [-0.3, -0.25) is 4.68 Å². The lowest BCUT2D eigenvalue weighted by molar-refractivity contribution is 0.781. The zero-order valence-corrected chi connectivity index (χ0v) is 13.4. The van der Waals surface area contributed by atoms with E-state index in [1.807, 2.05) is 36.0 Å². The SMILES string of the molecule is Cn1nc(CSc2ccc(N)cc2Br)c2ccccc21. The molecule has 0 spiro atoms. The Morgan fingerprint density at radius 3 is 2.85 bits per heavy atom. The van der Waals surface area contributed by atoms with Gasteiger partial charge in [-0.2, -0.15) is 5.10 Å². The minimum Gasteiger partial charge on any atom is -0.399 e. The van der Waals surface area contributed by atoms with Gasteiger partial charge in [0.05, 0.1) is 11.2 Å². The third kappa shape index (κ3) is 2.55. The van der Waals surface area contributed by atoms with Crippen molar-refractivity contribution in [2.24, 2.45) is 7.05 Å². The Balaban J connectivity index is 1.87. The summed E-state index contributed by atoms with van der Waals surface area (Å²) in [6.07, 6.45) is 0. The molecule has 0 aliphatic heterocycles. The Kier molecular flexibility index (Phi) is 3.72. The van der Waals surface area contributed by atoms with Crippen molar-refractivity contribution >= 4 is 44.3 Å². The second-order valence-corrected chi connectivity index (χ2v) is 6.44. The van der Waals surface area contributed by atoms with E-state index in [4.69, 9.17) is 5.73 Å². The first-order valence-electron chi connectivity index (χ1n) is 6.23. The van der Waals surface area contributed by atoms with Crippen molar-refractivity contribution in [2.75, 3.05) is 5.73 Å². The van der Waals surface area contributed by atoms with E-state index in [0.29, 0.717) is 0 Å². The predicted octanol–water partition coefficient (Wildman–Crippen LogP) is 4.21. The summed E-state index contributed by atoms with van der Waals surface area (Å²) in [5.74, 6) is 0.837. The molecule has 1 aromatic heterocycles. The zero-order valence-electron chi connectivity index (χ0n) is 11.0. The summed E-state index contributed by atoms with van der Waals surface area (Å²) in [7, 11) is 1.98. The van der Waals surface area contributed by atoms with Crippen LogP contribution in [0.3, 0.4) is 0 Å². The molecule has 2 N–H and O–H groups in total. The molecule has 5 heteroatoms. The second-order valence-electron chi connectivity index (χ2n) is 4.57. The van der Waals surface area contributed by atoms with E-state index in [1.54, 1.807) is 11.8 Å². The molecule has 102 valence electrons. The third-order valence-electron chi connectivity index (χ3n) is 3.15. The molecule has 3 rings (SSSR count). The van der Waals surface area contributed by atoms with Crippen LogP contribution in [-0.4, -0.2) is 9.78 Å². The van der Waals surface area contributed by atoms with Crippen molar-refractivity contribution in [1.29, 1.82) is 0 Å². The quantitative estimate of drug-likeness (QED) is 0.570. The summed E-state index contributed by atoms with van der Waals surface area (Å²) in [5, 5.41) is 5.82. The minimum absolute atomic E-state index is 0.768. The van der Waals surface area contributed by atoms with Crippen LogP contribution in [0.4, 0.5) is 5.69 Å². The van der Waals surface area contributed by atoms with Crippen LogP contribution in [0.15, 0.2) is 51.8 Å². The van der Waals surface area contributed by atoms with Gasteiger partial charge in [0, 0.05) is 33.2 Å². The van der Waals surface area contributed by atoms with Crippen LogP contribution in [-0.2, 0) is 12.8 Å². The number of hydrogen-bond acceptors (Lipinski definition) is 3. The minimum atomic E-state index is 0.768. The Bertz CT molecular complexity index is 767. The monoisotopic (exact) mass is 347 g/mol. The molecule has 0 atom stereocenters. The molecule has 0 aliphatic rings. The van der Waals surface area contributed by atoms with Crippen LogP contribution in [0.2, 0.25) is 0 Å². The number of nitrogens with two attached hydrogens (primary N) is 1. The summed E-state index contributed by atoms with van der Waals surface area (Å²) in [5.41, 5.74) is 8.80. The first-order chi connectivity index (χ1) is 9.65. The van der Waals surface area contributed by atoms with E-state index in [9.17, 15) is 0 Å². The van der Waals surface area contributed by atoms with Gasteiger partial charge >= 0.3 is 0 Å². The molecule has 0 radical (unpaired) electrons. The molecule has 0 amide bonds. The summed E-state index contributed by atoms with van der Waals surface area (Å²) >= 11 is 5.31. The number of aromatic nitrogens is 2. The van der Waals surface area contributed by atoms with E-state index in [1.165, 1.54) is 15.8 Å². The topological polar surface area (TPSA) is 43.8 Å². The average molecular weight is 348 g/mol. The summed E-state index contributed by atoms with van der Waals surface area (Å²) in [6.45, 7) is 0. The van der Waals surface area contributed by atoms with Crippen molar-refractivity contribution in [3.8, 4) is 0 Å². The molecule has 3 nitrogen and oxygen atoms in total. The van der Waals surface area contributed by atoms with E-state index >= 15 is 0 Å². The number of halogens is 1. The van der Waals surface area contributed by atoms with Crippen LogP contribution >= 0.6 is 27.7 Å². The van der Waals surface area contributed by atoms with E-state index in [0.717, 1.165) is 21.6 Å². The lowest BCUT2D eigenvalue weighted by Crippen LogP contribution is -1.91. The maximum absolute atomic E-state index is 5.76. The van der Waals surface area contributed by atoms with Crippen molar-refractivity contribution in [2.45, 2.75) is 10.6 Å². The molecule has 1 heterocycles. The Morgan fingerprint density at radius 1 is 1.25 bits per heavy atom. The Hall–Kier alpha value is -1.46. The predicted molar refractivity (Wildman–Crippen MR) is 88.8 cm³/mol. The zero-order chi connectivity index (χ0) is 14.1. The molecule has 3 aromatic rings. The van der Waals surface area contributed by atoms with E-state index < -0.39 is 0 Å². The lowest BCUT2D eigenvalue weighted by Gasteiger charge is -2.04. The number of aryl methyl sites for hydroxylation is 1. The molecule has 0 saturated carbocycles. The number of anilines is 1. The number of nitrogens with zero attached hydrogens (tertiary/aromatic N) is 2. The van der Waals surface area contributed by atoms with Crippen LogP contribution in [0, 0.1) is 0 Å². The smallest absolute Gasteiger partial charge is 0.0805 e. The van der Waals surface area contributed by atoms with Gasteiger partial charge in [0.1, 0.15) is 0 Å². The Labute approximate surface area is 130 Å². The highest BCUT2D eigenvalue weighted by atomic mass is 79.9. The van der Waals surface area contributed by atoms with E-state index in [2.05, 4.69) is 39.2 Å². The largest absolute Gasteiger partial charge is 0.399 e. The molecular formula is C15H14BrN3S.